The second kappa shape index (κ2) is 5.63. The van der Waals surface area contributed by atoms with E-state index in [0.717, 1.165) is 28.6 Å². The summed E-state index contributed by atoms with van der Waals surface area (Å²) in [6, 6.07) is 6.66. The summed E-state index contributed by atoms with van der Waals surface area (Å²) in [6.07, 6.45) is 1.13. The van der Waals surface area contributed by atoms with E-state index in [4.69, 9.17) is 4.74 Å². The highest BCUT2D eigenvalue weighted by atomic mass is 79.9. The summed E-state index contributed by atoms with van der Waals surface area (Å²) >= 11 is 7.14. The Bertz CT molecular complexity index is 364. The molecule has 88 valence electrons. The van der Waals surface area contributed by atoms with Gasteiger partial charge in [-0.05, 0) is 37.2 Å². The van der Waals surface area contributed by atoms with Crippen LogP contribution in [0.2, 0.25) is 0 Å². The number of benzene rings is 1. The molecule has 0 bridgehead atoms. The topological polar surface area (TPSA) is 21.3 Å². The van der Waals surface area contributed by atoms with Gasteiger partial charge in [-0.2, -0.15) is 0 Å². The van der Waals surface area contributed by atoms with Gasteiger partial charge in [0.25, 0.3) is 0 Å². The van der Waals surface area contributed by atoms with E-state index in [-0.39, 0.29) is 0 Å². The summed E-state index contributed by atoms with van der Waals surface area (Å²) in [6.45, 7) is 1.74. The first-order valence-corrected chi connectivity index (χ1v) is 7.01. The molecular weight excluding hydrogens is 334 g/mol. The Balaban J connectivity index is 2.28. The molecule has 1 aromatic rings. The monoisotopic (exact) mass is 347 g/mol. The van der Waals surface area contributed by atoms with Crippen molar-refractivity contribution in [1.29, 1.82) is 0 Å². The van der Waals surface area contributed by atoms with Gasteiger partial charge in [-0.25, -0.2) is 0 Å². The first-order chi connectivity index (χ1) is 7.72. The molecule has 1 aromatic carbocycles. The van der Waals surface area contributed by atoms with E-state index >= 15 is 0 Å². The van der Waals surface area contributed by atoms with E-state index in [1.165, 1.54) is 5.56 Å². The Morgan fingerprint density at radius 3 is 2.88 bits per heavy atom. The van der Waals surface area contributed by atoms with Gasteiger partial charge in [0.2, 0.25) is 0 Å². The van der Waals surface area contributed by atoms with Gasteiger partial charge in [0, 0.05) is 27.5 Å². The van der Waals surface area contributed by atoms with Gasteiger partial charge in [-0.3, -0.25) is 0 Å². The Labute approximate surface area is 113 Å². The molecule has 0 saturated carbocycles. The van der Waals surface area contributed by atoms with Crippen LogP contribution in [0.3, 0.4) is 0 Å². The summed E-state index contributed by atoms with van der Waals surface area (Å²) < 4.78 is 7.73. The number of halogens is 2. The van der Waals surface area contributed by atoms with Crippen LogP contribution in [0.15, 0.2) is 27.1 Å². The van der Waals surface area contributed by atoms with Gasteiger partial charge in [0.05, 0.1) is 6.61 Å². The third-order valence-electron chi connectivity index (χ3n) is 3.04. The summed E-state index contributed by atoms with van der Waals surface area (Å²) in [5.41, 5.74) is 1.30. The molecule has 1 saturated heterocycles. The molecule has 4 heteroatoms. The predicted octanol–water partition coefficient (Wildman–Crippen LogP) is 3.51. The zero-order chi connectivity index (χ0) is 11.5. The Morgan fingerprint density at radius 2 is 2.25 bits per heavy atom. The first kappa shape index (κ1) is 12.6. The highest BCUT2D eigenvalue weighted by Gasteiger charge is 2.27. The van der Waals surface area contributed by atoms with Crippen molar-refractivity contribution in [3.63, 3.8) is 0 Å². The fraction of sp³-hybridized carbons (Fsp3) is 0.500. The standard InChI is InChI=1S/C12H15Br2NO/c1-15-12(8-4-5-16-7-8)10-6-9(13)2-3-11(10)14/h2-3,6,8,12,15H,4-5,7H2,1H3. The largest absolute Gasteiger partial charge is 0.381 e. The van der Waals surface area contributed by atoms with Crippen LogP contribution in [0.1, 0.15) is 18.0 Å². The Hall–Kier alpha value is 0.1000. The zero-order valence-electron chi connectivity index (χ0n) is 9.17. The predicted molar refractivity (Wildman–Crippen MR) is 72.6 cm³/mol. The maximum atomic E-state index is 5.46. The van der Waals surface area contributed by atoms with Crippen LogP contribution in [0.4, 0.5) is 0 Å². The lowest BCUT2D eigenvalue weighted by Crippen LogP contribution is -2.25. The van der Waals surface area contributed by atoms with Crippen LogP contribution >= 0.6 is 31.9 Å². The fourth-order valence-electron chi connectivity index (χ4n) is 2.21. The minimum absolute atomic E-state index is 0.356. The molecule has 1 aliphatic rings. The summed E-state index contributed by atoms with van der Waals surface area (Å²) in [4.78, 5) is 0. The van der Waals surface area contributed by atoms with E-state index < -0.39 is 0 Å². The van der Waals surface area contributed by atoms with Crippen molar-refractivity contribution in [2.45, 2.75) is 12.5 Å². The van der Waals surface area contributed by atoms with Crippen molar-refractivity contribution in [2.24, 2.45) is 5.92 Å². The molecule has 2 unspecified atom stereocenters. The van der Waals surface area contributed by atoms with Crippen LogP contribution in [0, 0.1) is 5.92 Å². The van der Waals surface area contributed by atoms with Crippen LogP contribution in [-0.4, -0.2) is 20.3 Å². The number of rotatable bonds is 3. The quantitative estimate of drug-likeness (QED) is 0.902. The van der Waals surface area contributed by atoms with Crippen molar-refractivity contribution >= 4 is 31.9 Å². The van der Waals surface area contributed by atoms with E-state index in [2.05, 4.69) is 49.3 Å². The van der Waals surface area contributed by atoms with Crippen LogP contribution in [-0.2, 0) is 4.74 Å². The molecule has 2 atom stereocenters. The third kappa shape index (κ3) is 2.67. The lowest BCUT2D eigenvalue weighted by molar-refractivity contribution is 0.177. The smallest absolute Gasteiger partial charge is 0.0513 e. The zero-order valence-corrected chi connectivity index (χ0v) is 12.3. The lowest BCUT2D eigenvalue weighted by Gasteiger charge is -2.23. The van der Waals surface area contributed by atoms with Gasteiger partial charge in [-0.15, -0.1) is 0 Å². The van der Waals surface area contributed by atoms with E-state index in [1.807, 2.05) is 13.1 Å². The van der Waals surface area contributed by atoms with Crippen LogP contribution < -0.4 is 5.32 Å². The van der Waals surface area contributed by atoms with Gasteiger partial charge in [0.15, 0.2) is 0 Å². The number of nitrogens with one attached hydrogen (secondary N) is 1. The Kier molecular flexibility index (Phi) is 4.41. The van der Waals surface area contributed by atoms with Crippen molar-refractivity contribution in [3.05, 3.63) is 32.7 Å². The van der Waals surface area contributed by atoms with Gasteiger partial charge in [0.1, 0.15) is 0 Å². The molecule has 0 spiro atoms. The molecule has 1 heterocycles. The Morgan fingerprint density at radius 1 is 1.44 bits per heavy atom. The summed E-state index contributed by atoms with van der Waals surface area (Å²) in [7, 11) is 2.01. The van der Waals surface area contributed by atoms with E-state index in [0.29, 0.717) is 12.0 Å². The second-order valence-corrected chi connectivity index (χ2v) is 5.83. The molecule has 0 aromatic heterocycles. The molecule has 16 heavy (non-hydrogen) atoms. The highest BCUT2D eigenvalue weighted by Crippen LogP contribution is 2.34. The molecule has 2 nitrogen and oxygen atoms in total. The van der Waals surface area contributed by atoms with Crippen molar-refractivity contribution in [1.82, 2.24) is 5.32 Å². The third-order valence-corrected chi connectivity index (χ3v) is 4.26. The second-order valence-electron chi connectivity index (χ2n) is 4.06. The minimum atomic E-state index is 0.356. The lowest BCUT2D eigenvalue weighted by atomic mass is 9.92. The average Bonchev–Trinajstić information content (AvgIpc) is 2.78. The molecule has 0 aliphatic carbocycles. The van der Waals surface area contributed by atoms with Crippen LogP contribution in [0.25, 0.3) is 0 Å². The molecular formula is C12H15Br2NO. The van der Waals surface area contributed by atoms with Gasteiger partial charge >= 0.3 is 0 Å². The molecule has 1 aliphatic heterocycles. The molecule has 1 N–H and O–H groups in total. The average molecular weight is 349 g/mol. The maximum absolute atomic E-state index is 5.46. The van der Waals surface area contributed by atoms with Crippen LogP contribution in [0.5, 0.6) is 0 Å². The van der Waals surface area contributed by atoms with Crippen molar-refractivity contribution < 1.29 is 4.74 Å². The summed E-state index contributed by atoms with van der Waals surface area (Å²) in [5, 5.41) is 3.40. The van der Waals surface area contributed by atoms with Crippen molar-refractivity contribution in [2.75, 3.05) is 20.3 Å². The first-order valence-electron chi connectivity index (χ1n) is 5.42. The maximum Gasteiger partial charge on any atom is 0.0513 e. The van der Waals surface area contributed by atoms with Gasteiger partial charge < -0.3 is 10.1 Å². The molecule has 0 radical (unpaired) electrons. The van der Waals surface area contributed by atoms with Crippen molar-refractivity contribution in [3.8, 4) is 0 Å². The molecule has 2 rings (SSSR count). The molecule has 0 amide bonds. The van der Waals surface area contributed by atoms with E-state index in [9.17, 15) is 0 Å². The number of ether oxygens (including phenoxy) is 1. The minimum Gasteiger partial charge on any atom is -0.381 e. The molecule has 1 fully saturated rings. The fourth-order valence-corrected chi connectivity index (χ4v) is 3.09. The SMILES string of the molecule is CNC(c1cc(Br)ccc1Br)C1CCOC1. The van der Waals surface area contributed by atoms with Gasteiger partial charge in [-0.1, -0.05) is 31.9 Å². The number of hydrogen-bond donors (Lipinski definition) is 1. The highest BCUT2D eigenvalue weighted by molar-refractivity contribution is 9.11. The number of hydrogen-bond acceptors (Lipinski definition) is 2. The normalized spacial score (nSPS) is 22.3. The summed E-state index contributed by atoms with van der Waals surface area (Å²) in [5.74, 6) is 0.565. The van der Waals surface area contributed by atoms with E-state index in [1.54, 1.807) is 0 Å².